The van der Waals surface area contributed by atoms with Crippen molar-refractivity contribution in [3.05, 3.63) is 84.3 Å². The van der Waals surface area contributed by atoms with Crippen LogP contribution in [0.1, 0.15) is 43.6 Å². The zero-order chi connectivity index (χ0) is 22.1. The molecule has 1 aliphatic heterocycles. The number of ether oxygens (including phenoxy) is 1. The fourth-order valence-electron chi connectivity index (χ4n) is 3.80. The van der Waals surface area contributed by atoms with Gasteiger partial charge in [0.25, 0.3) is 5.56 Å². The molecule has 1 aliphatic rings. The summed E-state index contributed by atoms with van der Waals surface area (Å²) in [6.45, 7) is 8.57. The van der Waals surface area contributed by atoms with E-state index >= 15 is 0 Å². The maximum atomic E-state index is 13.5. The van der Waals surface area contributed by atoms with Crippen molar-refractivity contribution in [2.24, 2.45) is 4.99 Å². The predicted molar refractivity (Wildman–Crippen MR) is 119 cm³/mol. The third kappa shape index (κ3) is 3.67. The SMILES string of the molecule is CCOC(=O)C1=C(C)N=c2s/c(=C/c3cnn(CC)c3C)c(=O)n2C1c1ccccc1. The van der Waals surface area contributed by atoms with Crippen molar-refractivity contribution in [2.75, 3.05) is 6.61 Å². The van der Waals surface area contributed by atoms with Crippen LogP contribution in [0, 0.1) is 6.92 Å². The maximum Gasteiger partial charge on any atom is 0.338 e. The van der Waals surface area contributed by atoms with E-state index in [1.165, 1.54) is 11.3 Å². The lowest BCUT2D eigenvalue weighted by Gasteiger charge is -2.24. The van der Waals surface area contributed by atoms with Gasteiger partial charge in [0.2, 0.25) is 0 Å². The van der Waals surface area contributed by atoms with Gasteiger partial charge in [0, 0.05) is 17.8 Å². The van der Waals surface area contributed by atoms with Crippen LogP contribution in [0.3, 0.4) is 0 Å². The van der Waals surface area contributed by atoms with Crippen molar-refractivity contribution >= 4 is 23.4 Å². The fourth-order valence-corrected chi connectivity index (χ4v) is 4.84. The number of fused-ring (bicyclic) bond motifs is 1. The average molecular weight is 437 g/mol. The van der Waals surface area contributed by atoms with Gasteiger partial charge in [0.15, 0.2) is 4.80 Å². The molecule has 2 aromatic heterocycles. The molecular weight excluding hydrogens is 412 g/mol. The molecule has 0 N–H and O–H groups in total. The van der Waals surface area contributed by atoms with Crippen LogP contribution in [-0.4, -0.2) is 26.9 Å². The van der Waals surface area contributed by atoms with Gasteiger partial charge in [-0.3, -0.25) is 14.0 Å². The smallest absolute Gasteiger partial charge is 0.338 e. The lowest BCUT2D eigenvalue weighted by atomic mass is 9.96. The predicted octanol–water partition coefficient (Wildman–Crippen LogP) is 2.32. The number of hydrogen-bond acceptors (Lipinski definition) is 6. The van der Waals surface area contributed by atoms with Crippen LogP contribution in [-0.2, 0) is 16.1 Å². The Balaban J connectivity index is 1.95. The molecule has 0 saturated heterocycles. The number of aromatic nitrogens is 3. The lowest BCUT2D eigenvalue weighted by molar-refractivity contribution is -0.139. The number of hydrogen-bond donors (Lipinski definition) is 0. The number of rotatable bonds is 5. The summed E-state index contributed by atoms with van der Waals surface area (Å²) in [4.78, 5) is 31.5. The highest BCUT2D eigenvalue weighted by Crippen LogP contribution is 2.30. The Morgan fingerprint density at radius 2 is 1.97 bits per heavy atom. The molecule has 1 unspecified atom stereocenters. The molecule has 3 heterocycles. The first kappa shape index (κ1) is 21.0. The first-order valence-corrected chi connectivity index (χ1v) is 11.0. The molecule has 7 nitrogen and oxygen atoms in total. The van der Waals surface area contributed by atoms with E-state index in [-0.39, 0.29) is 12.2 Å². The van der Waals surface area contributed by atoms with Crippen molar-refractivity contribution in [1.82, 2.24) is 14.3 Å². The van der Waals surface area contributed by atoms with Crippen LogP contribution in [0.15, 0.2) is 57.6 Å². The number of aryl methyl sites for hydroxylation is 1. The minimum atomic E-state index is -0.585. The molecule has 0 bridgehead atoms. The normalized spacial score (nSPS) is 16.3. The average Bonchev–Trinajstić information content (AvgIpc) is 3.27. The Morgan fingerprint density at radius 1 is 1.23 bits per heavy atom. The van der Waals surface area contributed by atoms with Crippen molar-refractivity contribution < 1.29 is 9.53 Å². The second kappa shape index (κ2) is 8.47. The summed E-state index contributed by atoms with van der Waals surface area (Å²) >= 11 is 1.32. The number of carbonyl (C=O) groups is 1. The van der Waals surface area contributed by atoms with Crippen molar-refractivity contribution in [1.29, 1.82) is 0 Å². The van der Waals surface area contributed by atoms with Gasteiger partial charge >= 0.3 is 5.97 Å². The molecule has 3 aromatic rings. The topological polar surface area (TPSA) is 78.5 Å². The molecule has 0 radical (unpaired) electrons. The van der Waals surface area contributed by atoms with Crippen LogP contribution >= 0.6 is 11.3 Å². The van der Waals surface area contributed by atoms with Crippen LogP contribution in [0.5, 0.6) is 0 Å². The first-order valence-electron chi connectivity index (χ1n) is 10.2. The molecule has 8 heteroatoms. The highest BCUT2D eigenvalue weighted by molar-refractivity contribution is 7.07. The fraction of sp³-hybridized carbons (Fsp3) is 0.304. The zero-order valence-electron chi connectivity index (χ0n) is 18.0. The summed E-state index contributed by atoms with van der Waals surface area (Å²) in [6, 6.07) is 8.93. The summed E-state index contributed by atoms with van der Waals surface area (Å²) in [7, 11) is 0. The van der Waals surface area contributed by atoms with Gasteiger partial charge in [0.05, 0.1) is 34.6 Å². The minimum Gasteiger partial charge on any atom is -0.463 e. The van der Waals surface area contributed by atoms with Gasteiger partial charge in [0.1, 0.15) is 0 Å². The second-order valence-corrected chi connectivity index (χ2v) is 8.22. The molecule has 0 aliphatic carbocycles. The van der Waals surface area contributed by atoms with Crippen LogP contribution < -0.4 is 14.9 Å². The van der Waals surface area contributed by atoms with E-state index in [0.29, 0.717) is 20.6 Å². The summed E-state index contributed by atoms with van der Waals surface area (Å²) < 4.78 is 9.35. The second-order valence-electron chi connectivity index (χ2n) is 7.21. The summed E-state index contributed by atoms with van der Waals surface area (Å²) in [5.74, 6) is -0.452. The Morgan fingerprint density at radius 3 is 2.61 bits per heavy atom. The number of nitrogens with zero attached hydrogens (tertiary/aromatic N) is 4. The monoisotopic (exact) mass is 436 g/mol. The van der Waals surface area contributed by atoms with Crippen LogP contribution in [0.25, 0.3) is 6.08 Å². The number of esters is 1. The molecule has 1 aromatic carbocycles. The van der Waals surface area contributed by atoms with E-state index in [9.17, 15) is 9.59 Å². The number of benzene rings is 1. The zero-order valence-corrected chi connectivity index (χ0v) is 18.8. The number of carbonyl (C=O) groups excluding carboxylic acids is 1. The van der Waals surface area contributed by atoms with E-state index in [4.69, 9.17) is 4.74 Å². The largest absolute Gasteiger partial charge is 0.463 e. The first-order chi connectivity index (χ1) is 15.0. The third-order valence-corrected chi connectivity index (χ3v) is 6.34. The molecule has 31 heavy (non-hydrogen) atoms. The summed E-state index contributed by atoms with van der Waals surface area (Å²) in [5, 5.41) is 4.36. The van der Waals surface area contributed by atoms with Crippen LogP contribution in [0.2, 0.25) is 0 Å². The van der Waals surface area contributed by atoms with Gasteiger partial charge in [-0.05, 0) is 39.3 Å². The standard InChI is InChI=1S/C23H24N4O3S/c1-5-26-15(4)17(13-24-26)12-18-21(28)27-20(16-10-8-7-9-11-16)19(22(29)30-6-2)14(3)25-23(27)31-18/h7-13,20H,5-6H2,1-4H3/b18-12+. The Labute approximate surface area is 183 Å². The van der Waals surface area contributed by atoms with Crippen molar-refractivity contribution in [2.45, 2.75) is 40.3 Å². The minimum absolute atomic E-state index is 0.185. The summed E-state index contributed by atoms with van der Waals surface area (Å²) in [5.41, 5.74) is 3.50. The molecule has 0 amide bonds. The Kier molecular flexibility index (Phi) is 5.73. The highest BCUT2D eigenvalue weighted by Gasteiger charge is 2.33. The summed E-state index contributed by atoms with van der Waals surface area (Å²) in [6.07, 6.45) is 3.62. The number of allylic oxidation sites excluding steroid dienone is 1. The Hall–Kier alpha value is -3.26. The molecule has 0 fully saturated rings. The van der Waals surface area contributed by atoms with Gasteiger partial charge < -0.3 is 4.74 Å². The van der Waals surface area contributed by atoms with Gasteiger partial charge in [-0.2, -0.15) is 5.10 Å². The number of thiazole rings is 1. The molecule has 0 spiro atoms. The van der Waals surface area contributed by atoms with Crippen LogP contribution in [0.4, 0.5) is 0 Å². The van der Waals surface area contributed by atoms with E-state index in [2.05, 4.69) is 10.1 Å². The molecular formula is C23H24N4O3S. The third-order valence-electron chi connectivity index (χ3n) is 5.36. The van der Waals surface area contributed by atoms with E-state index in [1.807, 2.05) is 54.9 Å². The quantitative estimate of drug-likeness (QED) is 0.575. The molecule has 160 valence electrons. The van der Waals surface area contributed by atoms with Gasteiger partial charge in [-0.25, -0.2) is 9.79 Å². The molecule has 1 atom stereocenters. The van der Waals surface area contributed by atoms with Gasteiger partial charge in [-0.15, -0.1) is 0 Å². The van der Waals surface area contributed by atoms with Crippen molar-refractivity contribution in [3.8, 4) is 0 Å². The van der Waals surface area contributed by atoms with E-state index in [1.54, 1.807) is 24.6 Å². The highest BCUT2D eigenvalue weighted by atomic mass is 32.1. The molecule has 4 rings (SSSR count). The lowest BCUT2D eigenvalue weighted by Crippen LogP contribution is -2.39. The van der Waals surface area contributed by atoms with Crippen molar-refractivity contribution in [3.63, 3.8) is 0 Å². The van der Waals surface area contributed by atoms with Gasteiger partial charge in [-0.1, -0.05) is 41.7 Å². The van der Waals surface area contributed by atoms with E-state index < -0.39 is 12.0 Å². The van der Waals surface area contributed by atoms with E-state index in [0.717, 1.165) is 23.4 Å². The Bertz CT molecular complexity index is 1350. The molecule has 0 saturated carbocycles. The maximum absolute atomic E-state index is 13.5.